The first-order valence-corrected chi connectivity index (χ1v) is 8.82. The van der Waals surface area contributed by atoms with Crippen LogP contribution in [-0.2, 0) is 5.75 Å². The zero-order chi connectivity index (χ0) is 17.8. The van der Waals surface area contributed by atoms with E-state index in [4.69, 9.17) is 0 Å². The van der Waals surface area contributed by atoms with Crippen LogP contribution in [0.25, 0.3) is 0 Å². The van der Waals surface area contributed by atoms with E-state index in [0.29, 0.717) is 29.6 Å². The molecule has 0 bridgehead atoms. The summed E-state index contributed by atoms with van der Waals surface area (Å²) in [5, 5.41) is 11.5. The monoisotopic (exact) mass is 355 g/mol. The van der Waals surface area contributed by atoms with Crippen LogP contribution >= 0.6 is 11.8 Å². The minimum Gasteiger partial charge on any atom is -0.286 e. The van der Waals surface area contributed by atoms with Gasteiger partial charge in [0.15, 0.2) is 5.17 Å². The number of nitro groups is 1. The summed E-state index contributed by atoms with van der Waals surface area (Å²) in [4.78, 5) is 29.2. The number of thioether (sulfide) groups is 1. The van der Waals surface area contributed by atoms with Gasteiger partial charge in [0, 0.05) is 30.0 Å². The minimum absolute atomic E-state index is 0.0634. The van der Waals surface area contributed by atoms with E-state index in [9.17, 15) is 14.9 Å². The van der Waals surface area contributed by atoms with Crippen molar-refractivity contribution < 1.29 is 9.72 Å². The number of carbonyl (C=O) groups excluding carboxylic acids is 1. The lowest BCUT2D eigenvalue weighted by molar-refractivity contribution is -0.384. The first kappa shape index (κ1) is 17.2. The zero-order valence-corrected chi connectivity index (χ0v) is 14.5. The maximum Gasteiger partial charge on any atom is 0.269 e. The number of carbonyl (C=O) groups is 1. The van der Waals surface area contributed by atoms with Gasteiger partial charge in [-0.2, -0.15) is 0 Å². The van der Waals surface area contributed by atoms with Crippen LogP contribution in [0.2, 0.25) is 0 Å². The molecule has 0 aromatic heterocycles. The Morgan fingerprint density at radius 2 is 2.08 bits per heavy atom. The van der Waals surface area contributed by atoms with Crippen molar-refractivity contribution in [1.82, 2.24) is 4.90 Å². The Balaban J connectivity index is 1.69. The summed E-state index contributed by atoms with van der Waals surface area (Å²) in [6.07, 6.45) is 0. The molecule has 0 atom stereocenters. The molecule has 0 radical (unpaired) electrons. The maximum absolute atomic E-state index is 12.7. The minimum atomic E-state index is -0.408. The molecule has 25 heavy (non-hydrogen) atoms. The quantitative estimate of drug-likeness (QED) is 0.620. The Hall–Kier alpha value is -2.67. The molecule has 0 unspecified atom stereocenters. The molecule has 0 fully saturated rings. The van der Waals surface area contributed by atoms with Crippen molar-refractivity contribution in [1.29, 1.82) is 0 Å². The molecule has 2 aromatic carbocycles. The van der Waals surface area contributed by atoms with Gasteiger partial charge in [0.05, 0.1) is 11.5 Å². The molecule has 7 heteroatoms. The van der Waals surface area contributed by atoms with Crippen molar-refractivity contribution >= 4 is 28.5 Å². The van der Waals surface area contributed by atoms with Crippen molar-refractivity contribution in [3.63, 3.8) is 0 Å². The van der Waals surface area contributed by atoms with E-state index in [1.54, 1.807) is 23.1 Å². The normalized spacial score (nSPS) is 13.6. The molecule has 1 heterocycles. The fraction of sp³-hybridized carbons (Fsp3) is 0.222. The molecule has 0 aliphatic carbocycles. The van der Waals surface area contributed by atoms with Crippen LogP contribution in [0.1, 0.15) is 21.5 Å². The summed E-state index contributed by atoms with van der Waals surface area (Å²) in [6, 6.07) is 14.0. The lowest BCUT2D eigenvalue weighted by Crippen LogP contribution is -2.32. The molecule has 1 aliphatic rings. The summed E-state index contributed by atoms with van der Waals surface area (Å²) in [7, 11) is 0. The number of hydrogen-bond acceptors (Lipinski definition) is 5. The molecule has 1 amide bonds. The third-order valence-electron chi connectivity index (χ3n) is 3.80. The van der Waals surface area contributed by atoms with Gasteiger partial charge >= 0.3 is 0 Å². The Bertz CT molecular complexity index is 851. The summed E-state index contributed by atoms with van der Waals surface area (Å²) in [5.74, 6) is 0.462. The van der Waals surface area contributed by atoms with Gasteiger partial charge in [0.25, 0.3) is 11.6 Å². The number of nitrogens with zero attached hydrogens (tertiary/aromatic N) is 3. The number of aryl methyl sites for hydroxylation is 1. The number of amidine groups is 1. The second-order valence-electron chi connectivity index (χ2n) is 5.71. The lowest BCUT2D eigenvalue weighted by Gasteiger charge is -2.18. The standard InChI is InChI=1S/C18H17N3O3S/c1-13-4-2-6-15(10-13)17(22)20-9-8-19-18(20)25-12-14-5-3-7-16(11-14)21(23)24/h2-7,10-11H,8-9,12H2,1H3. The van der Waals surface area contributed by atoms with Crippen molar-refractivity contribution in [3.8, 4) is 0 Å². The number of rotatable bonds is 4. The van der Waals surface area contributed by atoms with E-state index < -0.39 is 4.92 Å². The molecule has 1 aliphatic heterocycles. The fourth-order valence-electron chi connectivity index (χ4n) is 2.58. The molecule has 0 N–H and O–H groups in total. The predicted octanol–water partition coefficient (Wildman–Crippen LogP) is 3.65. The highest BCUT2D eigenvalue weighted by Gasteiger charge is 2.25. The number of aliphatic imine (C=N–C) groups is 1. The van der Waals surface area contributed by atoms with Gasteiger partial charge in [-0.3, -0.25) is 24.8 Å². The Morgan fingerprint density at radius 1 is 1.28 bits per heavy atom. The zero-order valence-electron chi connectivity index (χ0n) is 13.7. The van der Waals surface area contributed by atoms with E-state index in [1.807, 2.05) is 31.2 Å². The Morgan fingerprint density at radius 3 is 2.84 bits per heavy atom. The van der Waals surface area contributed by atoms with E-state index in [1.165, 1.54) is 17.8 Å². The molecular formula is C18H17N3O3S. The number of amides is 1. The maximum atomic E-state index is 12.7. The van der Waals surface area contributed by atoms with Gasteiger partial charge in [0.2, 0.25) is 0 Å². The first-order chi connectivity index (χ1) is 12.0. The predicted molar refractivity (Wildman–Crippen MR) is 98.9 cm³/mol. The average molecular weight is 355 g/mol. The van der Waals surface area contributed by atoms with Gasteiger partial charge in [-0.15, -0.1) is 0 Å². The van der Waals surface area contributed by atoms with E-state index in [-0.39, 0.29) is 11.6 Å². The molecule has 2 aromatic rings. The molecule has 3 rings (SSSR count). The second-order valence-corrected chi connectivity index (χ2v) is 6.65. The SMILES string of the molecule is Cc1cccc(C(=O)N2CCN=C2SCc2cccc([N+](=O)[O-])c2)c1. The number of benzene rings is 2. The lowest BCUT2D eigenvalue weighted by atomic mass is 10.1. The van der Waals surface area contributed by atoms with Crippen molar-refractivity contribution in [3.05, 3.63) is 75.3 Å². The Kier molecular flexibility index (Phi) is 5.14. The summed E-state index contributed by atoms with van der Waals surface area (Å²) in [5.41, 5.74) is 2.58. The van der Waals surface area contributed by atoms with E-state index in [2.05, 4.69) is 4.99 Å². The van der Waals surface area contributed by atoms with Crippen LogP contribution < -0.4 is 0 Å². The third kappa shape index (κ3) is 4.06. The molecule has 0 saturated carbocycles. The Labute approximate surface area is 149 Å². The van der Waals surface area contributed by atoms with Crippen molar-refractivity contribution in [2.45, 2.75) is 12.7 Å². The highest BCUT2D eigenvalue weighted by atomic mass is 32.2. The van der Waals surface area contributed by atoms with Gasteiger partial charge < -0.3 is 0 Å². The van der Waals surface area contributed by atoms with Crippen LogP contribution in [0, 0.1) is 17.0 Å². The van der Waals surface area contributed by atoms with E-state index >= 15 is 0 Å². The van der Waals surface area contributed by atoms with Crippen LogP contribution in [-0.4, -0.2) is 34.0 Å². The number of non-ortho nitro benzene ring substituents is 1. The highest BCUT2D eigenvalue weighted by molar-refractivity contribution is 8.13. The summed E-state index contributed by atoms with van der Waals surface area (Å²) >= 11 is 1.43. The highest BCUT2D eigenvalue weighted by Crippen LogP contribution is 2.23. The second kappa shape index (κ2) is 7.48. The van der Waals surface area contributed by atoms with Crippen molar-refractivity contribution in [2.24, 2.45) is 4.99 Å². The van der Waals surface area contributed by atoms with Gasteiger partial charge in [-0.1, -0.05) is 41.6 Å². The van der Waals surface area contributed by atoms with Crippen molar-refractivity contribution in [2.75, 3.05) is 13.1 Å². The fourth-order valence-corrected chi connectivity index (χ4v) is 3.57. The first-order valence-electron chi connectivity index (χ1n) is 7.84. The summed E-state index contributed by atoms with van der Waals surface area (Å²) in [6.45, 7) is 3.09. The molecule has 128 valence electrons. The average Bonchev–Trinajstić information content (AvgIpc) is 3.08. The topological polar surface area (TPSA) is 75.8 Å². The number of hydrogen-bond donors (Lipinski definition) is 0. The molecular weight excluding hydrogens is 338 g/mol. The molecule has 0 saturated heterocycles. The van der Waals surface area contributed by atoms with Crippen LogP contribution in [0.3, 0.4) is 0 Å². The molecule has 0 spiro atoms. The van der Waals surface area contributed by atoms with E-state index in [0.717, 1.165) is 11.1 Å². The smallest absolute Gasteiger partial charge is 0.269 e. The van der Waals surface area contributed by atoms with Crippen LogP contribution in [0.15, 0.2) is 53.5 Å². The number of nitro benzene ring substituents is 1. The largest absolute Gasteiger partial charge is 0.286 e. The van der Waals surface area contributed by atoms with Crippen LogP contribution in [0.4, 0.5) is 5.69 Å². The summed E-state index contributed by atoms with van der Waals surface area (Å²) < 4.78 is 0. The van der Waals surface area contributed by atoms with Gasteiger partial charge in [-0.25, -0.2) is 0 Å². The van der Waals surface area contributed by atoms with Crippen LogP contribution in [0.5, 0.6) is 0 Å². The van der Waals surface area contributed by atoms with Gasteiger partial charge in [-0.05, 0) is 24.6 Å². The third-order valence-corrected chi connectivity index (χ3v) is 4.89. The van der Waals surface area contributed by atoms with Gasteiger partial charge in [0.1, 0.15) is 0 Å². The molecule has 6 nitrogen and oxygen atoms in total.